The summed E-state index contributed by atoms with van der Waals surface area (Å²) in [6.45, 7) is 8.34. The molecule has 0 amide bonds. The van der Waals surface area contributed by atoms with Gasteiger partial charge < -0.3 is 0 Å². The van der Waals surface area contributed by atoms with Crippen LogP contribution in [0, 0.1) is 6.92 Å². The molecule has 0 aliphatic rings. The molecule has 14 heavy (non-hydrogen) atoms. The van der Waals surface area contributed by atoms with Gasteiger partial charge in [0.25, 0.3) is 0 Å². The van der Waals surface area contributed by atoms with Crippen molar-refractivity contribution in [1.82, 2.24) is 0 Å². The van der Waals surface area contributed by atoms with Gasteiger partial charge in [0.05, 0.1) is 0 Å². The van der Waals surface area contributed by atoms with Crippen LogP contribution in [0.5, 0.6) is 0 Å². The molecule has 0 bridgehead atoms. The van der Waals surface area contributed by atoms with Crippen LogP contribution in [0.4, 0.5) is 0 Å². The summed E-state index contributed by atoms with van der Waals surface area (Å²) >= 11 is 0. The minimum Gasteiger partial charge on any atom is -0.102 e. The second-order valence-electron chi connectivity index (χ2n) is 3.84. The van der Waals surface area contributed by atoms with E-state index in [0.717, 1.165) is 0 Å². The van der Waals surface area contributed by atoms with E-state index in [1.165, 1.54) is 30.4 Å². The second-order valence-corrected chi connectivity index (χ2v) is 3.84. The van der Waals surface area contributed by atoms with Crippen molar-refractivity contribution < 1.29 is 0 Å². The topological polar surface area (TPSA) is 0 Å². The molecular weight excluding hydrogens is 168 g/mol. The first-order valence-corrected chi connectivity index (χ1v) is 5.47. The van der Waals surface area contributed by atoms with Gasteiger partial charge in [0.1, 0.15) is 0 Å². The molecule has 1 aromatic rings. The molecule has 0 heteroatoms. The quantitative estimate of drug-likeness (QED) is 0.599. The van der Waals surface area contributed by atoms with E-state index >= 15 is 0 Å². The van der Waals surface area contributed by atoms with Gasteiger partial charge in [-0.15, -0.1) is 6.58 Å². The third-order valence-corrected chi connectivity index (χ3v) is 2.74. The molecule has 1 aromatic carbocycles. The van der Waals surface area contributed by atoms with Gasteiger partial charge in [0.15, 0.2) is 0 Å². The summed E-state index contributed by atoms with van der Waals surface area (Å²) < 4.78 is 0. The summed E-state index contributed by atoms with van der Waals surface area (Å²) in [4.78, 5) is 0. The summed E-state index contributed by atoms with van der Waals surface area (Å²) in [7, 11) is 0. The second kappa shape index (κ2) is 5.64. The van der Waals surface area contributed by atoms with Crippen molar-refractivity contribution in [3.05, 3.63) is 48.0 Å². The number of aryl methyl sites for hydroxylation is 1. The zero-order valence-corrected chi connectivity index (χ0v) is 9.29. The lowest BCUT2D eigenvalue weighted by atomic mass is 9.91. The van der Waals surface area contributed by atoms with E-state index < -0.39 is 0 Å². The maximum atomic E-state index is 3.93. The molecule has 0 aliphatic carbocycles. The molecule has 0 heterocycles. The monoisotopic (exact) mass is 188 g/mol. The van der Waals surface area contributed by atoms with Gasteiger partial charge in [-0.3, -0.25) is 0 Å². The normalized spacial score (nSPS) is 12.4. The molecule has 0 saturated carbocycles. The zero-order chi connectivity index (χ0) is 10.4. The van der Waals surface area contributed by atoms with E-state index in [2.05, 4.69) is 50.8 Å². The SMILES string of the molecule is C=CC(CCCC)c1ccccc1C. The third kappa shape index (κ3) is 2.73. The lowest BCUT2D eigenvalue weighted by molar-refractivity contribution is 0.662. The van der Waals surface area contributed by atoms with Crippen molar-refractivity contribution in [3.8, 4) is 0 Å². The minimum atomic E-state index is 0.538. The predicted molar refractivity (Wildman–Crippen MR) is 63.6 cm³/mol. The number of benzene rings is 1. The number of rotatable bonds is 5. The lowest BCUT2D eigenvalue weighted by Gasteiger charge is -2.14. The molecule has 76 valence electrons. The van der Waals surface area contributed by atoms with Crippen molar-refractivity contribution in [2.24, 2.45) is 0 Å². The van der Waals surface area contributed by atoms with Crippen LogP contribution in [0.15, 0.2) is 36.9 Å². The Hall–Kier alpha value is -1.04. The first-order valence-electron chi connectivity index (χ1n) is 5.47. The Kier molecular flexibility index (Phi) is 4.45. The van der Waals surface area contributed by atoms with Crippen LogP contribution in [0.1, 0.15) is 43.2 Å². The standard InChI is InChI=1S/C14H20/c1-4-6-10-13(5-2)14-11-8-7-9-12(14)3/h5,7-9,11,13H,2,4,6,10H2,1,3H3. The van der Waals surface area contributed by atoms with Gasteiger partial charge in [-0.05, 0) is 24.5 Å². The van der Waals surface area contributed by atoms with Gasteiger partial charge >= 0.3 is 0 Å². The average molecular weight is 188 g/mol. The Morgan fingerprint density at radius 2 is 2.07 bits per heavy atom. The van der Waals surface area contributed by atoms with Crippen LogP contribution in [0.25, 0.3) is 0 Å². The first-order chi connectivity index (χ1) is 6.79. The molecule has 0 aliphatic heterocycles. The van der Waals surface area contributed by atoms with Crippen molar-refractivity contribution in [2.75, 3.05) is 0 Å². The van der Waals surface area contributed by atoms with E-state index in [9.17, 15) is 0 Å². The highest BCUT2D eigenvalue weighted by Gasteiger charge is 2.08. The molecule has 1 atom stereocenters. The molecular formula is C14H20. The van der Waals surface area contributed by atoms with Gasteiger partial charge in [0, 0.05) is 5.92 Å². The Morgan fingerprint density at radius 1 is 1.36 bits per heavy atom. The smallest absolute Gasteiger partial charge is 0.00179 e. The van der Waals surface area contributed by atoms with E-state index in [1.807, 2.05) is 0 Å². The molecule has 1 rings (SSSR count). The predicted octanol–water partition coefficient (Wildman–Crippen LogP) is 4.45. The first kappa shape index (κ1) is 11.0. The fraction of sp³-hybridized carbons (Fsp3) is 0.429. The summed E-state index contributed by atoms with van der Waals surface area (Å²) in [5.74, 6) is 0.538. The summed E-state index contributed by atoms with van der Waals surface area (Å²) in [6, 6.07) is 8.61. The van der Waals surface area contributed by atoms with Gasteiger partial charge in [-0.1, -0.05) is 50.1 Å². The zero-order valence-electron chi connectivity index (χ0n) is 9.29. The lowest BCUT2D eigenvalue weighted by Crippen LogP contribution is -1.97. The fourth-order valence-electron chi connectivity index (χ4n) is 1.83. The van der Waals surface area contributed by atoms with E-state index in [-0.39, 0.29) is 0 Å². The van der Waals surface area contributed by atoms with Crippen molar-refractivity contribution >= 4 is 0 Å². The molecule has 0 aromatic heterocycles. The van der Waals surface area contributed by atoms with Crippen molar-refractivity contribution in [1.29, 1.82) is 0 Å². The van der Waals surface area contributed by atoms with Crippen LogP contribution in [-0.4, -0.2) is 0 Å². The fourth-order valence-corrected chi connectivity index (χ4v) is 1.83. The van der Waals surface area contributed by atoms with Gasteiger partial charge in [-0.25, -0.2) is 0 Å². The molecule has 0 spiro atoms. The van der Waals surface area contributed by atoms with Crippen LogP contribution >= 0.6 is 0 Å². The Balaban J connectivity index is 2.78. The van der Waals surface area contributed by atoms with Crippen LogP contribution in [-0.2, 0) is 0 Å². The maximum absolute atomic E-state index is 3.93. The van der Waals surface area contributed by atoms with Gasteiger partial charge in [0.2, 0.25) is 0 Å². The highest BCUT2D eigenvalue weighted by Crippen LogP contribution is 2.25. The molecule has 0 fully saturated rings. The van der Waals surface area contributed by atoms with Gasteiger partial charge in [-0.2, -0.15) is 0 Å². The molecule has 0 N–H and O–H groups in total. The number of hydrogen-bond acceptors (Lipinski definition) is 0. The minimum absolute atomic E-state index is 0.538. The molecule has 1 unspecified atom stereocenters. The third-order valence-electron chi connectivity index (χ3n) is 2.74. The van der Waals surface area contributed by atoms with E-state index in [0.29, 0.717) is 5.92 Å². The largest absolute Gasteiger partial charge is 0.102 e. The van der Waals surface area contributed by atoms with Crippen LogP contribution < -0.4 is 0 Å². The number of unbranched alkanes of at least 4 members (excludes halogenated alkanes) is 1. The van der Waals surface area contributed by atoms with Crippen molar-refractivity contribution in [2.45, 2.75) is 39.0 Å². The molecule has 0 saturated heterocycles. The van der Waals surface area contributed by atoms with E-state index in [1.54, 1.807) is 0 Å². The Bertz CT molecular complexity index is 286. The average Bonchev–Trinajstić information content (AvgIpc) is 2.21. The molecule has 0 nitrogen and oxygen atoms in total. The van der Waals surface area contributed by atoms with Crippen LogP contribution in [0.3, 0.4) is 0 Å². The maximum Gasteiger partial charge on any atom is 0.00179 e. The van der Waals surface area contributed by atoms with E-state index in [4.69, 9.17) is 0 Å². The Labute approximate surface area is 87.7 Å². The number of allylic oxidation sites excluding steroid dienone is 1. The highest BCUT2D eigenvalue weighted by molar-refractivity contribution is 5.31. The summed E-state index contributed by atoms with van der Waals surface area (Å²) in [6.07, 6.45) is 5.85. The molecule has 0 radical (unpaired) electrons. The number of hydrogen-bond donors (Lipinski definition) is 0. The highest BCUT2D eigenvalue weighted by atomic mass is 14.1. The van der Waals surface area contributed by atoms with Crippen LogP contribution in [0.2, 0.25) is 0 Å². The summed E-state index contributed by atoms with van der Waals surface area (Å²) in [5.41, 5.74) is 2.82. The Morgan fingerprint density at radius 3 is 2.64 bits per heavy atom. The summed E-state index contributed by atoms with van der Waals surface area (Å²) in [5, 5.41) is 0. The van der Waals surface area contributed by atoms with Crippen molar-refractivity contribution in [3.63, 3.8) is 0 Å².